The van der Waals surface area contributed by atoms with Gasteiger partial charge in [0.1, 0.15) is 0 Å². The number of aliphatic imine (C=N–C) groups is 1. The molecule has 1 aliphatic heterocycles. The van der Waals surface area contributed by atoms with Crippen LogP contribution >= 0.6 is 15.9 Å². The van der Waals surface area contributed by atoms with Crippen LogP contribution in [0.4, 0.5) is 0 Å². The van der Waals surface area contributed by atoms with Crippen LogP contribution in [-0.2, 0) is 9.53 Å². The lowest BCUT2D eigenvalue weighted by atomic mass is 10.1. The Morgan fingerprint density at radius 2 is 1.89 bits per heavy atom. The number of methoxy groups -OCH3 is 1. The maximum absolute atomic E-state index is 12.2. The number of benzene rings is 2. The Morgan fingerprint density at radius 3 is 2.52 bits per heavy atom. The Hall–Kier alpha value is -2.60. The van der Waals surface area contributed by atoms with Gasteiger partial charge in [0.05, 0.1) is 17.7 Å². The highest BCUT2D eigenvalue weighted by atomic mass is 79.9. The maximum Gasteiger partial charge on any atom is 0.363 e. The summed E-state index contributed by atoms with van der Waals surface area (Å²) in [6, 6.07) is 11.3. The molecule has 0 saturated heterocycles. The van der Waals surface area contributed by atoms with E-state index in [4.69, 9.17) is 14.2 Å². The maximum atomic E-state index is 12.2. The predicted molar refractivity (Wildman–Crippen MR) is 108 cm³/mol. The number of carbonyl (C=O) groups is 1. The number of halogens is 1. The van der Waals surface area contributed by atoms with Crippen molar-refractivity contribution >= 4 is 33.9 Å². The van der Waals surface area contributed by atoms with E-state index in [0.717, 1.165) is 21.2 Å². The number of cyclic esters (lactones) is 1. The van der Waals surface area contributed by atoms with Crippen molar-refractivity contribution in [3.8, 4) is 11.5 Å². The van der Waals surface area contributed by atoms with Gasteiger partial charge in [-0.25, -0.2) is 9.79 Å². The summed E-state index contributed by atoms with van der Waals surface area (Å²) in [5.41, 5.74) is 2.87. The number of rotatable bonds is 5. The van der Waals surface area contributed by atoms with Crippen molar-refractivity contribution in [2.24, 2.45) is 4.99 Å². The molecule has 1 heterocycles. The average molecular weight is 430 g/mol. The molecular weight excluding hydrogens is 410 g/mol. The highest BCUT2D eigenvalue weighted by Gasteiger charge is 2.24. The van der Waals surface area contributed by atoms with E-state index >= 15 is 0 Å². The van der Waals surface area contributed by atoms with Crippen LogP contribution < -0.4 is 9.47 Å². The summed E-state index contributed by atoms with van der Waals surface area (Å²) in [6.45, 7) is 5.88. The normalized spacial score (nSPS) is 15.1. The molecule has 0 radical (unpaired) electrons. The quantitative estimate of drug-likeness (QED) is 0.500. The fraction of sp³-hybridized carbons (Fsp3) is 0.238. The van der Waals surface area contributed by atoms with Crippen LogP contribution in [0.1, 0.15) is 30.5 Å². The second-order valence-electron chi connectivity index (χ2n) is 6.40. The summed E-state index contributed by atoms with van der Waals surface area (Å²) in [4.78, 5) is 16.5. The zero-order chi connectivity index (χ0) is 19.6. The molecule has 2 aromatic carbocycles. The van der Waals surface area contributed by atoms with Gasteiger partial charge in [-0.15, -0.1) is 0 Å². The van der Waals surface area contributed by atoms with E-state index in [1.165, 1.54) is 0 Å². The zero-order valence-electron chi connectivity index (χ0n) is 15.6. The van der Waals surface area contributed by atoms with Gasteiger partial charge in [-0.3, -0.25) is 0 Å². The lowest BCUT2D eigenvalue weighted by Crippen LogP contribution is -2.07. The van der Waals surface area contributed by atoms with Crippen molar-refractivity contribution in [2.75, 3.05) is 7.11 Å². The second-order valence-corrected chi connectivity index (χ2v) is 7.26. The Bertz CT molecular complexity index is 930. The molecule has 140 valence electrons. The van der Waals surface area contributed by atoms with Gasteiger partial charge in [-0.2, -0.15) is 0 Å². The van der Waals surface area contributed by atoms with E-state index in [9.17, 15) is 4.79 Å². The first kappa shape index (κ1) is 19.2. The van der Waals surface area contributed by atoms with Crippen molar-refractivity contribution in [1.82, 2.24) is 0 Å². The van der Waals surface area contributed by atoms with Crippen molar-refractivity contribution in [2.45, 2.75) is 26.9 Å². The molecule has 0 bridgehead atoms. The molecule has 0 saturated carbocycles. The number of hydrogen-bond donors (Lipinski definition) is 0. The van der Waals surface area contributed by atoms with E-state index in [-0.39, 0.29) is 11.8 Å². The first-order chi connectivity index (χ1) is 12.9. The Labute approximate surface area is 166 Å². The first-order valence-corrected chi connectivity index (χ1v) is 9.30. The Kier molecular flexibility index (Phi) is 5.65. The van der Waals surface area contributed by atoms with Gasteiger partial charge >= 0.3 is 5.97 Å². The van der Waals surface area contributed by atoms with E-state index in [0.29, 0.717) is 17.4 Å². The molecule has 0 N–H and O–H groups in total. The van der Waals surface area contributed by atoms with Crippen molar-refractivity contribution < 1.29 is 19.0 Å². The number of nitrogens with zero attached hydrogens (tertiary/aromatic N) is 1. The molecule has 27 heavy (non-hydrogen) atoms. The Balaban J connectivity index is 1.95. The van der Waals surface area contributed by atoms with Crippen LogP contribution in [0.5, 0.6) is 11.5 Å². The molecule has 0 fully saturated rings. The lowest BCUT2D eigenvalue weighted by Gasteiger charge is -2.15. The topological polar surface area (TPSA) is 57.1 Å². The van der Waals surface area contributed by atoms with Gasteiger partial charge in [0, 0.05) is 5.56 Å². The van der Waals surface area contributed by atoms with E-state index in [1.807, 2.05) is 51.1 Å². The smallest absolute Gasteiger partial charge is 0.363 e. The summed E-state index contributed by atoms with van der Waals surface area (Å²) in [5.74, 6) is 1.01. The van der Waals surface area contributed by atoms with Gasteiger partial charge < -0.3 is 14.2 Å². The van der Waals surface area contributed by atoms with Gasteiger partial charge in [0.15, 0.2) is 17.2 Å². The number of ether oxygens (including phenoxy) is 3. The minimum absolute atomic E-state index is 0.00545. The third-order valence-corrected chi connectivity index (χ3v) is 4.42. The first-order valence-electron chi connectivity index (χ1n) is 8.51. The molecule has 5 nitrogen and oxygen atoms in total. The molecular formula is C21H20BrNO4. The molecule has 1 aliphatic rings. The van der Waals surface area contributed by atoms with E-state index in [1.54, 1.807) is 19.3 Å². The van der Waals surface area contributed by atoms with Crippen molar-refractivity contribution in [1.29, 1.82) is 0 Å². The van der Waals surface area contributed by atoms with E-state index < -0.39 is 5.97 Å². The summed E-state index contributed by atoms with van der Waals surface area (Å²) < 4.78 is 17.3. The highest BCUT2D eigenvalue weighted by Crippen LogP contribution is 2.38. The number of hydrogen-bond acceptors (Lipinski definition) is 5. The Morgan fingerprint density at radius 1 is 1.19 bits per heavy atom. The number of carbonyl (C=O) groups excluding carboxylic acids is 1. The summed E-state index contributed by atoms with van der Waals surface area (Å²) in [5, 5.41) is 0. The fourth-order valence-electron chi connectivity index (χ4n) is 2.56. The molecule has 0 spiro atoms. The number of esters is 1. The van der Waals surface area contributed by atoms with Gasteiger partial charge in [0.2, 0.25) is 5.90 Å². The summed E-state index contributed by atoms with van der Waals surface area (Å²) in [7, 11) is 1.57. The van der Waals surface area contributed by atoms with Gasteiger partial charge in [-0.1, -0.05) is 17.7 Å². The minimum atomic E-state index is -0.483. The fourth-order valence-corrected chi connectivity index (χ4v) is 3.11. The molecule has 0 amide bonds. The van der Waals surface area contributed by atoms with Crippen LogP contribution in [-0.4, -0.2) is 25.1 Å². The lowest BCUT2D eigenvalue weighted by molar-refractivity contribution is -0.129. The second kappa shape index (κ2) is 7.96. The minimum Gasteiger partial charge on any atom is -0.493 e. The van der Waals surface area contributed by atoms with Crippen LogP contribution in [0.2, 0.25) is 0 Å². The standard InChI is InChI=1S/C21H20BrNO4/c1-12(2)26-19-16(22)9-14(11-18(19)25-4)10-17-21(24)27-20(23-17)15-7-5-13(3)6-8-15/h5-12H,1-4H3/b17-10-. The predicted octanol–water partition coefficient (Wildman–Crippen LogP) is 4.90. The van der Waals surface area contributed by atoms with Crippen LogP contribution in [0.15, 0.2) is 51.6 Å². The third kappa shape index (κ3) is 4.39. The SMILES string of the molecule is COc1cc(/C=C2\N=C(c3ccc(C)cc3)OC2=O)cc(Br)c1OC(C)C. The number of aryl methyl sites for hydroxylation is 1. The highest BCUT2D eigenvalue weighted by molar-refractivity contribution is 9.10. The molecule has 6 heteroatoms. The molecule has 2 aromatic rings. The van der Waals surface area contributed by atoms with E-state index in [2.05, 4.69) is 20.9 Å². The third-order valence-electron chi connectivity index (χ3n) is 3.83. The molecule has 0 atom stereocenters. The summed E-state index contributed by atoms with van der Waals surface area (Å²) >= 11 is 3.50. The van der Waals surface area contributed by atoms with Crippen LogP contribution in [0.25, 0.3) is 6.08 Å². The van der Waals surface area contributed by atoms with Crippen molar-refractivity contribution in [3.05, 3.63) is 63.3 Å². The summed E-state index contributed by atoms with van der Waals surface area (Å²) in [6.07, 6.45) is 1.67. The zero-order valence-corrected chi connectivity index (χ0v) is 17.2. The molecule has 0 aliphatic carbocycles. The van der Waals surface area contributed by atoms with Crippen LogP contribution in [0.3, 0.4) is 0 Å². The molecule has 0 unspecified atom stereocenters. The molecule has 3 rings (SSSR count). The largest absolute Gasteiger partial charge is 0.493 e. The van der Waals surface area contributed by atoms with Crippen LogP contribution in [0, 0.1) is 6.92 Å². The van der Waals surface area contributed by atoms with Crippen molar-refractivity contribution in [3.63, 3.8) is 0 Å². The van der Waals surface area contributed by atoms with Gasteiger partial charge in [-0.05, 0) is 72.6 Å². The van der Waals surface area contributed by atoms with Gasteiger partial charge in [0.25, 0.3) is 0 Å². The monoisotopic (exact) mass is 429 g/mol. The molecule has 0 aromatic heterocycles. The average Bonchev–Trinajstić information content (AvgIpc) is 2.98.